The molecule has 0 saturated carbocycles. The number of fused-ring (bicyclic) bond motifs is 1. The predicted octanol–water partition coefficient (Wildman–Crippen LogP) is 0.602. The molecule has 5 nitrogen and oxygen atoms in total. The van der Waals surface area contributed by atoms with E-state index in [0.29, 0.717) is 12.1 Å². The number of nitrogens with one attached hydrogen (secondary N) is 1. The number of amides is 2. The Balaban J connectivity index is 2.19. The lowest BCUT2D eigenvalue weighted by atomic mass is 10.1. The lowest BCUT2D eigenvalue weighted by molar-refractivity contribution is -0.118. The van der Waals surface area contributed by atoms with Gasteiger partial charge in [-0.1, -0.05) is 6.07 Å². The van der Waals surface area contributed by atoms with Crippen molar-refractivity contribution in [1.82, 2.24) is 4.90 Å². The molecule has 0 unspecified atom stereocenters. The van der Waals surface area contributed by atoms with Crippen molar-refractivity contribution in [3.05, 3.63) is 29.3 Å². The van der Waals surface area contributed by atoms with E-state index in [2.05, 4.69) is 5.32 Å². The molecule has 0 radical (unpaired) electrons. The molecule has 1 aliphatic rings. The van der Waals surface area contributed by atoms with Gasteiger partial charge in [0.1, 0.15) is 0 Å². The summed E-state index contributed by atoms with van der Waals surface area (Å²) >= 11 is 0. The van der Waals surface area contributed by atoms with E-state index in [9.17, 15) is 9.59 Å². The summed E-state index contributed by atoms with van der Waals surface area (Å²) in [4.78, 5) is 24.6. The topological polar surface area (TPSA) is 75.4 Å². The molecule has 0 aromatic heterocycles. The maximum Gasteiger partial charge on any atom is 0.254 e. The largest absolute Gasteiger partial charge is 0.384 e. The van der Waals surface area contributed by atoms with Crippen LogP contribution >= 0.6 is 0 Å². The molecular weight excluding hydrogens is 230 g/mol. The van der Waals surface area contributed by atoms with Crippen LogP contribution < -0.4 is 11.1 Å². The fraction of sp³-hybridized carbons (Fsp3) is 0.385. The number of anilines is 1. The molecule has 5 heteroatoms. The van der Waals surface area contributed by atoms with E-state index in [-0.39, 0.29) is 12.5 Å². The Morgan fingerprint density at radius 3 is 2.89 bits per heavy atom. The van der Waals surface area contributed by atoms with Gasteiger partial charge in [-0.15, -0.1) is 0 Å². The molecule has 2 rings (SSSR count). The van der Waals surface area contributed by atoms with Gasteiger partial charge >= 0.3 is 0 Å². The van der Waals surface area contributed by atoms with Crippen molar-refractivity contribution in [2.75, 3.05) is 25.0 Å². The Labute approximate surface area is 106 Å². The number of benzene rings is 1. The van der Waals surface area contributed by atoms with Crippen molar-refractivity contribution >= 4 is 17.5 Å². The van der Waals surface area contributed by atoms with Crippen LogP contribution in [0.1, 0.15) is 22.8 Å². The zero-order valence-corrected chi connectivity index (χ0v) is 10.4. The van der Waals surface area contributed by atoms with Gasteiger partial charge in [0, 0.05) is 24.3 Å². The van der Waals surface area contributed by atoms with Gasteiger partial charge in [-0.2, -0.15) is 0 Å². The van der Waals surface area contributed by atoms with Gasteiger partial charge < -0.3 is 16.0 Å². The highest BCUT2D eigenvalue weighted by molar-refractivity contribution is 5.97. The molecule has 96 valence electrons. The number of likely N-dealkylation sites (N-methyl/N-ethyl adjacent to an activating group) is 1. The maximum atomic E-state index is 12.2. The molecule has 3 N–H and O–H groups in total. The third kappa shape index (κ3) is 2.45. The highest BCUT2D eigenvalue weighted by atomic mass is 16.2. The zero-order chi connectivity index (χ0) is 13.1. The summed E-state index contributed by atoms with van der Waals surface area (Å²) in [6, 6.07) is 5.60. The fourth-order valence-corrected chi connectivity index (χ4v) is 2.12. The summed E-state index contributed by atoms with van der Waals surface area (Å²) in [5.41, 5.74) is 7.96. The van der Waals surface area contributed by atoms with Crippen LogP contribution in [0.2, 0.25) is 0 Å². The van der Waals surface area contributed by atoms with E-state index in [0.717, 1.165) is 18.7 Å². The van der Waals surface area contributed by atoms with Gasteiger partial charge in [0.15, 0.2) is 0 Å². The molecule has 1 aromatic carbocycles. The van der Waals surface area contributed by atoms with Crippen molar-refractivity contribution in [2.24, 2.45) is 5.73 Å². The lowest BCUT2D eigenvalue weighted by Gasteiger charge is -2.19. The normalized spacial score (nSPS) is 12.7. The van der Waals surface area contributed by atoms with Crippen molar-refractivity contribution in [2.45, 2.75) is 13.3 Å². The van der Waals surface area contributed by atoms with Crippen molar-refractivity contribution in [3.8, 4) is 0 Å². The molecule has 1 aromatic rings. The van der Waals surface area contributed by atoms with Gasteiger partial charge in [-0.25, -0.2) is 0 Å². The van der Waals surface area contributed by atoms with Crippen LogP contribution in [-0.4, -0.2) is 36.3 Å². The Bertz CT molecular complexity index is 485. The van der Waals surface area contributed by atoms with Gasteiger partial charge in [-0.3, -0.25) is 9.59 Å². The SMILES string of the molecule is CCN(CC(N)=O)C(=O)c1ccc2c(c1)NCC2. The van der Waals surface area contributed by atoms with E-state index < -0.39 is 5.91 Å². The van der Waals surface area contributed by atoms with Crippen molar-refractivity contribution < 1.29 is 9.59 Å². The zero-order valence-electron chi connectivity index (χ0n) is 10.4. The lowest BCUT2D eigenvalue weighted by Crippen LogP contribution is -2.38. The monoisotopic (exact) mass is 247 g/mol. The number of primary amides is 1. The molecule has 1 heterocycles. The highest BCUT2D eigenvalue weighted by Gasteiger charge is 2.18. The van der Waals surface area contributed by atoms with E-state index in [1.54, 1.807) is 6.07 Å². The van der Waals surface area contributed by atoms with Crippen LogP contribution in [0.25, 0.3) is 0 Å². The predicted molar refractivity (Wildman–Crippen MR) is 69.4 cm³/mol. The average Bonchev–Trinajstić information content (AvgIpc) is 2.81. The van der Waals surface area contributed by atoms with Crippen LogP contribution in [0.4, 0.5) is 5.69 Å². The Morgan fingerprint density at radius 2 is 2.22 bits per heavy atom. The van der Waals surface area contributed by atoms with Gasteiger partial charge in [0.05, 0.1) is 6.54 Å². The summed E-state index contributed by atoms with van der Waals surface area (Å²) in [5.74, 6) is -0.655. The van der Waals surface area contributed by atoms with E-state index in [1.165, 1.54) is 10.5 Å². The van der Waals surface area contributed by atoms with Crippen LogP contribution in [0, 0.1) is 0 Å². The van der Waals surface area contributed by atoms with Crippen molar-refractivity contribution in [1.29, 1.82) is 0 Å². The van der Waals surface area contributed by atoms with Crippen LogP contribution in [0.5, 0.6) is 0 Å². The van der Waals surface area contributed by atoms with E-state index in [1.807, 2.05) is 19.1 Å². The molecule has 0 fully saturated rings. The fourth-order valence-electron chi connectivity index (χ4n) is 2.12. The quantitative estimate of drug-likeness (QED) is 0.818. The minimum absolute atomic E-state index is 0.0418. The Hall–Kier alpha value is -2.04. The molecule has 2 amide bonds. The molecule has 18 heavy (non-hydrogen) atoms. The molecule has 0 atom stereocenters. The van der Waals surface area contributed by atoms with Crippen LogP contribution in [0.3, 0.4) is 0 Å². The third-order valence-corrected chi connectivity index (χ3v) is 3.08. The number of hydrogen-bond donors (Lipinski definition) is 2. The molecule has 0 bridgehead atoms. The van der Waals surface area contributed by atoms with Gasteiger partial charge in [0.25, 0.3) is 5.91 Å². The number of nitrogens with zero attached hydrogens (tertiary/aromatic N) is 1. The van der Waals surface area contributed by atoms with Crippen molar-refractivity contribution in [3.63, 3.8) is 0 Å². The molecule has 0 spiro atoms. The van der Waals surface area contributed by atoms with Crippen LogP contribution in [0.15, 0.2) is 18.2 Å². The summed E-state index contributed by atoms with van der Waals surface area (Å²) < 4.78 is 0. The summed E-state index contributed by atoms with van der Waals surface area (Å²) in [7, 11) is 0. The van der Waals surface area contributed by atoms with E-state index in [4.69, 9.17) is 5.73 Å². The van der Waals surface area contributed by atoms with Gasteiger partial charge in [0.2, 0.25) is 5.91 Å². The Morgan fingerprint density at radius 1 is 1.44 bits per heavy atom. The number of carbonyl (C=O) groups is 2. The minimum Gasteiger partial charge on any atom is -0.384 e. The smallest absolute Gasteiger partial charge is 0.254 e. The van der Waals surface area contributed by atoms with E-state index >= 15 is 0 Å². The highest BCUT2D eigenvalue weighted by Crippen LogP contribution is 2.23. The number of carbonyl (C=O) groups excluding carboxylic acids is 2. The summed E-state index contributed by atoms with van der Waals surface area (Å²) in [6.07, 6.45) is 0.989. The molecular formula is C13H17N3O2. The van der Waals surface area contributed by atoms with Gasteiger partial charge in [-0.05, 0) is 31.0 Å². The summed E-state index contributed by atoms with van der Waals surface area (Å²) in [6.45, 7) is 3.16. The summed E-state index contributed by atoms with van der Waals surface area (Å²) in [5, 5.41) is 3.23. The second kappa shape index (κ2) is 5.08. The number of nitrogens with two attached hydrogens (primary N) is 1. The third-order valence-electron chi connectivity index (χ3n) is 3.08. The second-order valence-corrected chi connectivity index (χ2v) is 4.33. The molecule has 0 aliphatic carbocycles. The van der Waals surface area contributed by atoms with Crippen LogP contribution in [-0.2, 0) is 11.2 Å². The Kier molecular flexibility index (Phi) is 3.50. The number of rotatable bonds is 4. The first kappa shape index (κ1) is 12.4. The standard InChI is InChI=1S/C13H17N3O2/c1-2-16(8-12(14)17)13(18)10-4-3-9-5-6-15-11(9)7-10/h3-4,7,15H,2,5-6,8H2,1H3,(H2,14,17). The minimum atomic E-state index is -0.496. The maximum absolute atomic E-state index is 12.2. The average molecular weight is 247 g/mol. The number of hydrogen-bond acceptors (Lipinski definition) is 3. The molecule has 0 saturated heterocycles. The second-order valence-electron chi connectivity index (χ2n) is 4.33. The first-order chi connectivity index (χ1) is 8.61. The first-order valence-corrected chi connectivity index (χ1v) is 6.06. The molecule has 1 aliphatic heterocycles. The first-order valence-electron chi connectivity index (χ1n) is 6.06.